The third kappa shape index (κ3) is 13.7. The Morgan fingerprint density at radius 2 is 0.693 bits per heavy atom. The fraction of sp³-hybridized carbons (Fsp3) is 0.196. The third-order valence-electron chi connectivity index (χ3n) is 11.0. The summed E-state index contributed by atoms with van der Waals surface area (Å²) in [4.78, 5) is 14.8. The molecule has 1 aromatic heterocycles. The first-order chi connectivity index (χ1) is 33.9. The number of hydrogen-bond donors (Lipinski definition) is 1. The summed E-state index contributed by atoms with van der Waals surface area (Å²) in [5, 5.41) is 8.87. The van der Waals surface area contributed by atoms with E-state index in [2.05, 4.69) is 11.6 Å². The molecule has 0 bridgehead atoms. The zero-order valence-electron chi connectivity index (χ0n) is 36.4. The van der Waals surface area contributed by atoms with E-state index in [1.807, 2.05) is 34.9 Å². The molecule has 0 saturated heterocycles. The minimum Gasteiger partial charge on any atom is -0.478 e. The lowest BCUT2D eigenvalue weighted by atomic mass is 9.12. The van der Waals surface area contributed by atoms with Crippen molar-refractivity contribution in [3.05, 3.63) is 184 Å². The molecule has 0 atom stereocenters. The van der Waals surface area contributed by atoms with E-state index in [9.17, 15) is 110 Å². The Morgan fingerprint density at radius 3 is 0.920 bits per heavy atom. The molecule has 29 heteroatoms. The van der Waals surface area contributed by atoms with E-state index in [0.717, 1.165) is 5.56 Å². The lowest BCUT2D eigenvalue weighted by molar-refractivity contribution is -0.689. The first kappa shape index (κ1) is 58.7. The molecule has 4 nitrogen and oxygen atoms in total. The van der Waals surface area contributed by atoms with E-state index in [1.165, 1.54) is 0 Å². The van der Waals surface area contributed by atoms with Gasteiger partial charge in [-0.05, 0) is 24.3 Å². The van der Waals surface area contributed by atoms with Crippen molar-refractivity contribution < 1.29 is 120 Å². The molecule has 0 fully saturated rings. The van der Waals surface area contributed by atoms with Crippen molar-refractivity contribution in [3.63, 3.8) is 0 Å². The number of aromatic nitrogens is 2. The Kier molecular flexibility index (Phi) is 15.8. The summed E-state index contributed by atoms with van der Waals surface area (Å²) in [5.74, 6) is -1.06. The second-order valence-corrected chi connectivity index (χ2v) is 16.1. The minimum absolute atomic E-state index is 0.00240. The Morgan fingerprint density at radius 1 is 0.440 bits per heavy atom. The maximum atomic E-state index is 14.2. The van der Waals surface area contributed by atoms with Crippen LogP contribution in [-0.2, 0) is 60.7 Å². The fourth-order valence-electron chi connectivity index (χ4n) is 7.66. The molecule has 5 aromatic carbocycles. The van der Waals surface area contributed by atoms with E-state index in [1.54, 1.807) is 18.6 Å². The molecule has 0 aliphatic heterocycles. The van der Waals surface area contributed by atoms with Gasteiger partial charge in [-0.3, -0.25) is 0 Å². The van der Waals surface area contributed by atoms with Gasteiger partial charge in [0.1, 0.15) is 11.8 Å². The summed E-state index contributed by atoms with van der Waals surface area (Å²) in [6, 6.07) is 1.11. The Bertz CT molecular complexity index is 2640. The summed E-state index contributed by atoms with van der Waals surface area (Å²) in [7, 11) is 0. The van der Waals surface area contributed by atoms with Crippen LogP contribution in [-0.4, -0.2) is 22.2 Å². The van der Waals surface area contributed by atoms with Crippen LogP contribution in [0, 0.1) is 0 Å². The number of nitrogens with zero attached hydrogens (tertiary/aromatic N) is 2. The molecule has 0 unspecified atom stereocenters. The number of aliphatic carboxylic acids is 1. The lowest BCUT2D eigenvalue weighted by Crippen LogP contribution is -2.75. The average Bonchev–Trinajstić information content (AvgIpc) is 3.27. The smallest absolute Gasteiger partial charge is 0.416 e. The molecule has 0 aliphatic carbocycles. The van der Waals surface area contributed by atoms with Crippen LogP contribution in [0.2, 0.25) is 0 Å². The molecule has 6 aromatic rings. The van der Waals surface area contributed by atoms with Gasteiger partial charge in [-0.15, -0.1) is 0 Å². The van der Waals surface area contributed by atoms with Crippen LogP contribution in [0.3, 0.4) is 0 Å². The van der Waals surface area contributed by atoms with Gasteiger partial charge in [0.25, 0.3) is 0 Å². The Hall–Kier alpha value is -7.23. The first-order valence-corrected chi connectivity index (χ1v) is 20.1. The third-order valence-corrected chi connectivity index (χ3v) is 11.0. The molecular weight excluding hydrogens is 1080 g/mol. The number of rotatable bonds is 8. The monoisotopic (exact) mass is 1100 g/mol. The number of hydrogen-bond acceptors (Lipinski definition) is 2. The van der Waals surface area contributed by atoms with Crippen molar-refractivity contribution >= 4 is 39.5 Å². The van der Waals surface area contributed by atoms with E-state index >= 15 is 0 Å². The molecule has 0 radical (unpaired) electrons. The maximum absolute atomic E-state index is 14.2. The van der Waals surface area contributed by atoms with Crippen LogP contribution in [0.4, 0.5) is 105 Å². The zero-order valence-corrected chi connectivity index (χ0v) is 36.4. The van der Waals surface area contributed by atoms with Gasteiger partial charge >= 0.3 is 55.4 Å². The summed E-state index contributed by atoms with van der Waals surface area (Å²) < 4.78 is 343. The summed E-state index contributed by atoms with van der Waals surface area (Å²) in [6.45, 7) is 4.17. The topological polar surface area (TPSA) is 54.1 Å². The fourth-order valence-corrected chi connectivity index (χ4v) is 7.66. The van der Waals surface area contributed by atoms with Crippen molar-refractivity contribution in [1.29, 1.82) is 0 Å². The lowest BCUT2D eigenvalue weighted by Gasteiger charge is -2.46. The summed E-state index contributed by atoms with van der Waals surface area (Å²) in [6.07, 6.45) is -49.7. The number of carboxylic acids is 1. The number of benzene rings is 5. The van der Waals surface area contributed by atoms with Gasteiger partial charge in [0.05, 0.1) is 56.3 Å². The summed E-state index contributed by atoms with van der Waals surface area (Å²) in [5.41, 5.74) is -28.7. The van der Waals surface area contributed by atoms with E-state index < -0.39 is 201 Å². The molecule has 1 heterocycles. The molecule has 1 N–H and O–H groups in total. The average molecular weight is 1100 g/mol. The highest BCUT2D eigenvalue weighted by Gasteiger charge is 2.47. The van der Waals surface area contributed by atoms with Crippen molar-refractivity contribution in [2.24, 2.45) is 0 Å². The van der Waals surface area contributed by atoms with Crippen LogP contribution in [0.1, 0.15) is 55.8 Å². The molecule has 0 spiro atoms. The van der Waals surface area contributed by atoms with Gasteiger partial charge in [0, 0.05) is 5.56 Å². The molecule has 0 amide bonds. The van der Waals surface area contributed by atoms with Crippen molar-refractivity contribution in [2.45, 2.75) is 56.0 Å². The van der Waals surface area contributed by atoms with E-state index in [4.69, 9.17) is 5.11 Å². The van der Waals surface area contributed by atoms with Gasteiger partial charge < -0.3 is 5.11 Å². The van der Waals surface area contributed by atoms with Crippen molar-refractivity contribution in [2.75, 3.05) is 0 Å². The summed E-state index contributed by atoms with van der Waals surface area (Å²) >= 11 is 0. The van der Waals surface area contributed by atoms with Crippen LogP contribution < -0.4 is 26.4 Å². The van der Waals surface area contributed by atoms with Crippen LogP contribution >= 0.6 is 0 Å². The van der Waals surface area contributed by atoms with Gasteiger partial charge in [0.15, 0.2) is 18.9 Å². The first-order valence-electron chi connectivity index (χ1n) is 20.1. The predicted octanol–water partition coefficient (Wildman–Crippen LogP) is 12.7. The number of carbonyl (C=O) groups is 1. The standard InChI is InChI=1S/C32H12BF24.C14H12N2O2/c34-25(35,36)13-1-14(26(37,38)39)6-21(5-13)33(22-7-15(27(40,41)42)2-16(8-22)28(43,44)45,23-9-17(29(46,47)48)3-18(10-23)30(49,50)51)24-11-19(31(52,53)54)4-20(12-24)32(55,56)57;1-11(14(17)18)13-10-16(8-7-15-13)9-12-5-3-2-4-6-12/h1-12H;2-8,10H,1,9H2/q-1;/p+1. The van der Waals surface area contributed by atoms with Crippen molar-refractivity contribution in [3.8, 4) is 0 Å². The van der Waals surface area contributed by atoms with Gasteiger partial charge in [0.2, 0.25) is 0 Å². The van der Waals surface area contributed by atoms with Crippen LogP contribution in [0.25, 0.3) is 5.57 Å². The zero-order chi connectivity index (χ0) is 56.9. The quantitative estimate of drug-likeness (QED) is 0.0715. The highest BCUT2D eigenvalue weighted by Crippen LogP contribution is 2.41. The maximum Gasteiger partial charge on any atom is 0.416 e. The van der Waals surface area contributed by atoms with Crippen LogP contribution in [0.15, 0.2) is 128 Å². The molecule has 6 rings (SSSR count). The number of carboxylic acid groups (broad SMARTS) is 1. The highest BCUT2D eigenvalue weighted by molar-refractivity contribution is 7.20. The van der Waals surface area contributed by atoms with Crippen molar-refractivity contribution in [1.82, 2.24) is 4.98 Å². The van der Waals surface area contributed by atoms with Crippen LogP contribution in [0.5, 0.6) is 0 Å². The SMILES string of the molecule is C=C(C(=O)O)c1c[n+](Cc2ccccc2)ccn1.FC(F)(F)c1cc([B-](c2cc(C(F)(F)F)cc(C(F)(F)F)c2)(c2cc(C(F)(F)F)cc(C(F)(F)F)c2)c2cc(C(F)(F)F)cc(C(F)(F)F)c2)cc(C(F)(F)F)c1. The van der Waals surface area contributed by atoms with Gasteiger partial charge in [-0.2, -0.15) is 132 Å². The predicted molar refractivity (Wildman–Crippen MR) is 217 cm³/mol. The van der Waals surface area contributed by atoms with E-state index in [0.29, 0.717) is 12.2 Å². The molecule has 0 aliphatic rings. The second-order valence-electron chi connectivity index (χ2n) is 16.1. The molecule has 0 saturated carbocycles. The second kappa shape index (κ2) is 20.1. The van der Waals surface area contributed by atoms with Gasteiger partial charge in [-0.1, -0.05) is 85.4 Å². The highest BCUT2D eigenvalue weighted by atomic mass is 19.4. The number of alkyl halides is 24. The van der Waals surface area contributed by atoms with E-state index in [-0.39, 0.29) is 5.57 Å². The largest absolute Gasteiger partial charge is 0.478 e. The normalized spacial score (nSPS) is 13.3. The Balaban J connectivity index is 0.000000483. The van der Waals surface area contributed by atoms with Gasteiger partial charge in [-0.25, -0.2) is 9.78 Å². The molecule has 402 valence electrons. The number of halogens is 24. The molecular formula is C46H25BF24N2O2. The Labute approximate surface area is 404 Å². The minimum atomic E-state index is -6.13. The molecule has 75 heavy (non-hydrogen) atoms.